The maximum Gasteiger partial charge on any atom is 0.134 e. The van der Waals surface area contributed by atoms with Crippen molar-refractivity contribution in [2.24, 2.45) is 0 Å². The lowest BCUT2D eigenvalue weighted by Gasteiger charge is -2.05. The average molecular weight is 219 g/mol. The standard InChI is InChI=1S/C13H9F2O/c14-11-6-4-10(5-7-11)9-16-13-3-1-2-12(15)8-13/h1,3-8H,9H2. The van der Waals surface area contributed by atoms with Gasteiger partial charge in [0.2, 0.25) is 0 Å². The molecule has 0 saturated carbocycles. The Kier molecular flexibility index (Phi) is 3.15. The van der Waals surface area contributed by atoms with Crippen LogP contribution in [0.4, 0.5) is 8.78 Å². The number of benzene rings is 2. The average Bonchev–Trinajstić information content (AvgIpc) is 2.28. The molecule has 0 amide bonds. The van der Waals surface area contributed by atoms with Crippen LogP contribution in [0.25, 0.3) is 0 Å². The monoisotopic (exact) mass is 219 g/mol. The predicted molar refractivity (Wildman–Crippen MR) is 56.0 cm³/mol. The molecule has 0 saturated heterocycles. The summed E-state index contributed by atoms with van der Waals surface area (Å²) >= 11 is 0. The minimum atomic E-state index is -0.461. The molecule has 0 atom stereocenters. The van der Waals surface area contributed by atoms with Crippen molar-refractivity contribution in [3.05, 3.63) is 65.7 Å². The Hall–Kier alpha value is -1.90. The first kappa shape index (κ1) is 10.6. The van der Waals surface area contributed by atoms with Gasteiger partial charge in [-0.1, -0.05) is 12.1 Å². The van der Waals surface area contributed by atoms with Crippen molar-refractivity contribution in [2.75, 3.05) is 0 Å². The third-order valence-corrected chi connectivity index (χ3v) is 2.06. The number of ether oxygens (including phenoxy) is 1. The molecule has 3 heteroatoms. The normalized spacial score (nSPS) is 10.1. The number of rotatable bonds is 3. The van der Waals surface area contributed by atoms with Gasteiger partial charge in [0.25, 0.3) is 0 Å². The molecular formula is C13H9F2O. The van der Waals surface area contributed by atoms with Gasteiger partial charge in [0.05, 0.1) is 0 Å². The Balaban J connectivity index is 1.99. The number of hydrogen-bond acceptors (Lipinski definition) is 1. The molecule has 0 spiro atoms. The topological polar surface area (TPSA) is 9.23 Å². The Morgan fingerprint density at radius 1 is 1.06 bits per heavy atom. The molecule has 2 aromatic rings. The van der Waals surface area contributed by atoms with Crippen molar-refractivity contribution in [1.82, 2.24) is 0 Å². The first-order valence-electron chi connectivity index (χ1n) is 4.78. The lowest BCUT2D eigenvalue weighted by molar-refractivity contribution is 0.304. The highest BCUT2D eigenvalue weighted by atomic mass is 19.1. The fourth-order valence-corrected chi connectivity index (χ4v) is 1.26. The van der Waals surface area contributed by atoms with Crippen LogP contribution in [0.3, 0.4) is 0 Å². The molecular weight excluding hydrogens is 210 g/mol. The first-order chi connectivity index (χ1) is 7.74. The molecule has 1 nitrogen and oxygen atoms in total. The molecule has 0 aliphatic carbocycles. The van der Waals surface area contributed by atoms with Gasteiger partial charge in [-0.2, -0.15) is 0 Å². The van der Waals surface area contributed by atoms with Gasteiger partial charge in [-0.25, -0.2) is 8.78 Å². The quantitative estimate of drug-likeness (QED) is 0.769. The fraction of sp³-hybridized carbons (Fsp3) is 0.0769. The predicted octanol–water partition coefficient (Wildman–Crippen LogP) is 3.34. The van der Waals surface area contributed by atoms with E-state index in [1.165, 1.54) is 24.3 Å². The van der Waals surface area contributed by atoms with Crippen molar-refractivity contribution in [3.8, 4) is 5.75 Å². The van der Waals surface area contributed by atoms with Crippen LogP contribution >= 0.6 is 0 Å². The summed E-state index contributed by atoms with van der Waals surface area (Å²) in [4.78, 5) is 0. The second kappa shape index (κ2) is 4.75. The van der Waals surface area contributed by atoms with Gasteiger partial charge in [0.1, 0.15) is 24.0 Å². The Morgan fingerprint density at radius 3 is 2.50 bits per heavy atom. The molecule has 16 heavy (non-hydrogen) atoms. The summed E-state index contributed by atoms with van der Waals surface area (Å²) in [7, 11) is 0. The maximum absolute atomic E-state index is 12.8. The van der Waals surface area contributed by atoms with Crippen LogP contribution < -0.4 is 4.74 Å². The van der Waals surface area contributed by atoms with Crippen LogP contribution in [-0.2, 0) is 6.61 Å². The molecule has 2 rings (SSSR count). The van der Waals surface area contributed by atoms with Crippen LogP contribution in [0, 0.1) is 17.7 Å². The summed E-state index contributed by atoms with van der Waals surface area (Å²) in [6, 6.07) is 12.7. The lowest BCUT2D eigenvalue weighted by atomic mass is 10.2. The van der Waals surface area contributed by atoms with E-state index in [0.717, 1.165) is 5.56 Å². The Morgan fingerprint density at radius 2 is 1.81 bits per heavy atom. The van der Waals surface area contributed by atoms with Crippen LogP contribution in [-0.4, -0.2) is 0 Å². The third-order valence-electron chi connectivity index (χ3n) is 2.06. The van der Waals surface area contributed by atoms with Crippen LogP contribution in [0.1, 0.15) is 5.56 Å². The summed E-state index contributed by atoms with van der Waals surface area (Å²) in [5.41, 5.74) is 0.828. The second-order valence-electron chi connectivity index (χ2n) is 3.29. The van der Waals surface area contributed by atoms with E-state index in [-0.39, 0.29) is 12.4 Å². The molecule has 2 aromatic carbocycles. The Labute approximate surface area is 92.3 Å². The van der Waals surface area contributed by atoms with Crippen molar-refractivity contribution >= 4 is 0 Å². The molecule has 0 aromatic heterocycles. The number of hydrogen-bond donors (Lipinski definition) is 0. The summed E-state index contributed by atoms with van der Waals surface area (Å²) in [5, 5.41) is 0. The van der Waals surface area contributed by atoms with Crippen molar-refractivity contribution in [3.63, 3.8) is 0 Å². The van der Waals surface area contributed by atoms with Crippen molar-refractivity contribution < 1.29 is 13.5 Å². The minimum Gasteiger partial charge on any atom is -0.489 e. The van der Waals surface area contributed by atoms with E-state index >= 15 is 0 Å². The fourth-order valence-electron chi connectivity index (χ4n) is 1.26. The van der Waals surface area contributed by atoms with Gasteiger partial charge in [0.15, 0.2) is 0 Å². The zero-order chi connectivity index (χ0) is 11.4. The molecule has 1 radical (unpaired) electrons. The van der Waals surface area contributed by atoms with E-state index in [1.54, 1.807) is 18.2 Å². The largest absolute Gasteiger partial charge is 0.489 e. The van der Waals surface area contributed by atoms with E-state index < -0.39 is 5.82 Å². The highest BCUT2D eigenvalue weighted by Crippen LogP contribution is 2.13. The first-order valence-corrected chi connectivity index (χ1v) is 4.78. The molecule has 0 bridgehead atoms. The molecule has 0 aliphatic rings. The van der Waals surface area contributed by atoms with Crippen molar-refractivity contribution in [1.29, 1.82) is 0 Å². The zero-order valence-electron chi connectivity index (χ0n) is 8.41. The molecule has 81 valence electrons. The second-order valence-corrected chi connectivity index (χ2v) is 3.29. The summed E-state index contributed by atoms with van der Waals surface area (Å²) in [6.07, 6.45) is 0. The van der Waals surface area contributed by atoms with Gasteiger partial charge < -0.3 is 4.74 Å². The minimum absolute atomic E-state index is 0.281. The maximum atomic E-state index is 12.8. The van der Waals surface area contributed by atoms with Crippen LogP contribution in [0.2, 0.25) is 0 Å². The van der Waals surface area contributed by atoms with Gasteiger partial charge in [-0.05, 0) is 29.8 Å². The summed E-state index contributed by atoms with van der Waals surface area (Å²) in [5.74, 6) is -0.318. The third kappa shape index (κ3) is 2.79. The van der Waals surface area contributed by atoms with Gasteiger partial charge in [0, 0.05) is 12.1 Å². The molecule has 0 heterocycles. The van der Waals surface area contributed by atoms with Crippen LogP contribution in [0.5, 0.6) is 5.75 Å². The summed E-state index contributed by atoms with van der Waals surface area (Å²) in [6.45, 7) is 0.281. The molecule has 0 fully saturated rings. The highest BCUT2D eigenvalue weighted by molar-refractivity contribution is 5.23. The van der Waals surface area contributed by atoms with Crippen LogP contribution in [0.15, 0.2) is 42.5 Å². The van der Waals surface area contributed by atoms with Crippen molar-refractivity contribution in [2.45, 2.75) is 6.61 Å². The van der Waals surface area contributed by atoms with E-state index in [1.807, 2.05) is 0 Å². The number of halogens is 2. The van der Waals surface area contributed by atoms with E-state index in [0.29, 0.717) is 5.75 Å². The highest BCUT2D eigenvalue weighted by Gasteiger charge is 1.98. The summed E-state index contributed by atoms with van der Waals surface area (Å²) < 4.78 is 30.7. The SMILES string of the molecule is Fc1[c]ccc(OCc2ccc(F)cc2)c1. The zero-order valence-corrected chi connectivity index (χ0v) is 8.41. The molecule has 0 unspecified atom stereocenters. The molecule has 0 N–H and O–H groups in total. The van der Waals surface area contributed by atoms with Gasteiger partial charge in [-0.3, -0.25) is 0 Å². The molecule has 0 aliphatic heterocycles. The van der Waals surface area contributed by atoms with Gasteiger partial charge in [-0.15, -0.1) is 0 Å². The lowest BCUT2D eigenvalue weighted by Crippen LogP contribution is -1.95. The van der Waals surface area contributed by atoms with Gasteiger partial charge >= 0.3 is 0 Å². The van der Waals surface area contributed by atoms with E-state index in [4.69, 9.17) is 4.74 Å². The Bertz CT molecular complexity index is 466. The van der Waals surface area contributed by atoms with E-state index in [9.17, 15) is 8.78 Å². The smallest absolute Gasteiger partial charge is 0.134 e. The van der Waals surface area contributed by atoms with E-state index in [2.05, 4.69) is 6.07 Å².